The van der Waals surface area contributed by atoms with Gasteiger partial charge in [0.15, 0.2) is 22.7 Å². The Labute approximate surface area is 192 Å². The van der Waals surface area contributed by atoms with Crippen molar-refractivity contribution in [3.8, 4) is 28.7 Å². The molecule has 4 aromatic rings. The van der Waals surface area contributed by atoms with Gasteiger partial charge in [-0.25, -0.2) is 4.98 Å². The van der Waals surface area contributed by atoms with Crippen molar-refractivity contribution in [3.63, 3.8) is 0 Å². The molecule has 0 fully saturated rings. The smallest absolute Gasteiger partial charge is 0.191 e. The van der Waals surface area contributed by atoms with Gasteiger partial charge in [-0.1, -0.05) is 53.7 Å². The van der Waals surface area contributed by atoms with E-state index < -0.39 is 5.92 Å². The van der Waals surface area contributed by atoms with Crippen LogP contribution in [0.15, 0.2) is 65.1 Å². The van der Waals surface area contributed by atoms with Crippen molar-refractivity contribution in [3.05, 3.63) is 70.0 Å². The number of carbonyl (C=O) groups is 1. The second-order valence-corrected chi connectivity index (χ2v) is 8.89. The average Bonchev–Trinajstić information content (AvgIpc) is 3.41. The summed E-state index contributed by atoms with van der Waals surface area (Å²) >= 11 is 8.52. The number of benzene rings is 2. The zero-order valence-corrected chi connectivity index (χ0v) is 18.8. The molecule has 2 heterocycles. The molecule has 154 valence electrons. The summed E-state index contributed by atoms with van der Waals surface area (Å²) < 4.78 is 1.82. The molecule has 0 aliphatic carbocycles. The fourth-order valence-electron chi connectivity index (χ4n) is 2.94. The molecule has 2 aromatic heterocycles. The zero-order valence-electron chi connectivity index (χ0n) is 16.4. The van der Waals surface area contributed by atoms with Gasteiger partial charge in [0.25, 0.3) is 0 Å². The average molecular weight is 466 g/mol. The minimum absolute atomic E-state index is 0.102. The summed E-state index contributed by atoms with van der Waals surface area (Å²) in [5, 5.41) is 21.6. The van der Waals surface area contributed by atoms with E-state index in [9.17, 15) is 10.1 Å². The van der Waals surface area contributed by atoms with E-state index in [-0.39, 0.29) is 11.5 Å². The molecule has 0 spiro atoms. The molecule has 1 atom stereocenters. The number of halogens is 1. The minimum atomic E-state index is -0.904. The molecule has 0 saturated heterocycles. The molecule has 31 heavy (non-hydrogen) atoms. The summed E-state index contributed by atoms with van der Waals surface area (Å²) in [5.41, 5.74) is 2.60. The largest absolute Gasteiger partial charge is 0.305 e. The summed E-state index contributed by atoms with van der Waals surface area (Å²) in [5.74, 6) is -0.335. The van der Waals surface area contributed by atoms with Gasteiger partial charge in [-0.2, -0.15) is 5.26 Å². The van der Waals surface area contributed by atoms with Crippen LogP contribution in [0.4, 0.5) is 0 Å². The van der Waals surface area contributed by atoms with Gasteiger partial charge < -0.3 is 4.57 Å². The van der Waals surface area contributed by atoms with Crippen LogP contribution in [0.1, 0.15) is 10.9 Å². The van der Waals surface area contributed by atoms with Crippen LogP contribution < -0.4 is 0 Å². The van der Waals surface area contributed by atoms with E-state index in [1.165, 1.54) is 23.1 Å². The third kappa shape index (κ3) is 4.69. The highest BCUT2D eigenvalue weighted by Crippen LogP contribution is 2.29. The summed E-state index contributed by atoms with van der Waals surface area (Å²) in [4.78, 5) is 17.3. The maximum Gasteiger partial charge on any atom is 0.191 e. The molecule has 0 aliphatic rings. The molecule has 0 saturated carbocycles. The van der Waals surface area contributed by atoms with E-state index in [0.29, 0.717) is 21.0 Å². The lowest BCUT2D eigenvalue weighted by atomic mass is 10.1. The standard InChI is InChI=1S/C22H16ClN5OS2/c1-28-20(15-7-9-16(23)10-8-15)26-27-22(28)31-13-19(29)17(11-24)21-25-18(12-30-21)14-5-3-2-4-6-14/h2-10,12,17H,13H2,1H3. The van der Waals surface area contributed by atoms with Crippen molar-refractivity contribution < 1.29 is 4.79 Å². The number of hydrogen-bond acceptors (Lipinski definition) is 7. The third-order valence-corrected chi connectivity index (χ3v) is 6.77. The predicted molar refractivity (Wildman–Crippen MR) is 123 cm³/mol. The molecular weight excluding hydrogens is 450 g/mol. The van der Waals surface area contributed by atoms with Gasteiger partial charge in [-0.3, -0.25) is 4.79 Å². The number of Topliss-reactive ketones (excluding diaryl/α,β-unsaturated/α-hetero) is 1. The van der Waals surface area contributed by atoms with Crippen molar-refractivity contribution in [2.75, 3.05) is 5.75 Å². The zero-order chi connectivity index (χ0) is 21.8. The van der Waals surface area contributed by atoms with Gasteiger partial charge >= 0.3 is 0 Å². The maximum absolute atomic E-state index is 12.8. The normalized spacial score (nSPS) is 11.8. The van der Waals surface area contributed by atoms with E-state index in [1.54, 1.807) is 12.1 Å². The molecule has 1 unspecified atom stereocenters. The van der Waals surface area contributed by atoms with Crippen LogP contribution in [0.2, 0.25) is 5.02 Å². The summed E-state index contributed by atoms with van der Waals surface area (Å²) in [6, 6.07) is 19.1. The van der Waals surface area contributed by atoms with Crippen LogP contribution >= 0.6 is 34.7 Å². The Bertz CT molecular complexity index is 1250. The van der Waals surface area contributed by atoms with Crippen molar-refractivity contribution in [1.82, 2.24) is 19.7 Å². The number of nitrogens with zero attached hydrogens (tertiary/aromatic N) is 5. The van der Waals surface area contributed by atoms with E-state index in [1.807, 2.05) is 59.5 Å². The van der Waals surface area contributed by atoms with E-state index in [2.05, 4.69) is 21.3 Å². The predicted octanol–water partition coefficient (Wildman–Crippen LogP) is 5.23. The lowest BCUT2D eigenvalue weighted by Crippen LogP contribution is -2.13. The van der Waals surface area contributed by atoms with Gasteiger partial charge in [0.05, 0.1) is 17.5 Å². The second kappa shape index (κ2) is 9.43. The lowest BCUT2D eigenvalue weighted by molar-refractivity contribution is -0.116. The van der Waals surface area contributed by atoms with Gasteiger partial charge in [0.1, 0.15) is 5.01 Å². The molecule has 0 aliphatic heterocycles. The van der Waals surface area contributed by atoms with Crippen LogP contribution in [0, 0.1) is 11.3 Å². The van der Waals surface area contributed by atoms with E-state index >= 15 is 0 Å². The summed E-state index contributed by atoms with van der Waals surface area (Å²) in [6.07, 6.45) is 0. The molecule has 0 N–H and O–H groups in total. The number of thioether (sulfide) groups is 1. The molecule has 0 amide bonds. The molecule has 0 radical (unpaired) electrons. The highest BCUT2D eigenvalue weighted by atomic mass is 35.5. The molecule has 9 heteroatoms. The summed E-state index contributed by atoms with van der Waals surface area (Å²) in [6.45, 7) is 0. The van der Waals surface area contributed by atoms with Crippen molar-refractivity contribution >= 4 is 40.5 Å². The Morgan fingerprint density at radius 1 is 1.16 bits per heavy atom. The number of hydrogen-bond donors (Lipinski definition) is 0. The van der Waals surface area contributed by atoms with Crippen molar-refractivity contribution in [2.24, 2.45) is 7.05 Å². The van der Waals surface area contributed by atoms with Crippen LogP contribution in [-0.2, 0) is 11.8 Å². The first kappa shape index (κ1) is 21.2. The number of thiazole rings is 1. The lowest BCUT2D eigenvalue weighted by Gasteiger charge is -2.06. The highest BCUT2D eigenvalue weighted by Gasteiger charge is 2.25. The number of nitriles is 1. The first-order valence-electron chi connectivity index (χ1n) is 9.28. The Balaban J connectivity index is 1.45. The molecular formula is C22H16ClN5OS2. The van der Waals surface area contributed by atoms with Crippen LogP contribution in [0.25, 0.3) is 22.6 Å². The third-order valence-electron chi connectivity index (χ3n) is 4.57. The molecule has 2 aromatic carbocycles. The van der Waals surface area contributed by atoms with E-state index in [0.717, 1.165) is 16.8 Å². The SMILES string of the molecule is Cn1c(SCC(=O)C(C#N)c2nc(-c3ccccc3)cs2)nnc1-c1ccc(Cl)cc1. The van der Waals surface area contributed by atoms with Crippen LogP contribution in [0.3, 0.4) is 0 Å². The van der Waals surface area contributed by atoms with E-state index in [4.69, 9.17) is 11.6 Å². The van der Waals surface area contributed by atoms with Crippen LogP contribution in [-0.4, -0.2) is 31.3 Å². The first-order valence-corrected chi connectivity index (χ1v) is 11.5. The Morgan fingerprint density at radius 3 is 2.61 bits per heavy atom. The quantitative estimate of drug-likeness (QED) is 0.347. The molecule has 0 bridgehead atoms. The number of aromatic nitrogens is 4. The van der Waals surface area contributed by atoms with Gasteiger partial charge in [0.2, 0.25) is 0 Å². The monoisotopic (exact) mass is 465 g/mol. The fraction of sp³-hybridized carbons (Fsp3) is 0.136. The summed E-state index contributed by atoms with van der Waals surface area (Å²) in [7, 11) is 1.84. The van der Waals surface area contributed by atoms with Crippen molar-refractivity contribution in [1.29, 1.82) is 5.26 Å². The minimum Gasteiger partial charge on any atom is -0.305 e. The number of carbonyl (C=O) groups excluding carboxylic acids is 1. The number of ketones is 1. The fourth-order valence-corrected chi connectivity index (χ4v) is 4.77. The van der Waals surface area contributed by atoms with Crippen LogP contribution in [0.5, 0.6) is 0 Å². The topological polar surface area (TPSA) is 84.5 Å². The highest BCUT2D eigenvalue weighted by molar-refractivity contribution is 7.99. The van der Waals surface area contributed by atoms with Gasteiger partial charge in [-0.05, 0) is 24.3 Å². The Morgan fingerprint density at radius 2 is 1.90 bits per heavy atom. The Kier molecular flexibility index (Phi) is 6.47. The molecule has 6 nitrogen and oxygen atoms in total. The Hall–Kier alpha value is -2.99. The number of rotatable bonds is 7. The maximum atomic E-state index is 12.8. The van der Waals surface area contributed by atoms with Crippen molar-refractivity contribution in [2.45, 2.75) is 11.1 Å². The second-order valence-electron chi connectivity index (χ2n) is 6.63. The van der Waals surface area contributed by atoms with Gasteiger partial charge in [0, 0.05) is 28.6 Å². The van der Waals surface area contributed by atoms with Gasteiger partial charge in [-0.15, -0.1) is 21.5 Å². The first-order chi connectivity index (χ1) is 15.1. The molecule has 4 rings (SSSR count).